The van der Waals surface area contributed by atoms with E-state index in [0.29, 0.717) is 13.1 Å². The van der Waals surface area contributed by atoms with Crippen molar-refractivity contribution in [3.63, 3.8) is 0 Å². The van der Waals surface area contributed by atoms with Crippen LogP contribution in [0.2, 0.25) is 0 Å². The number of rotatable bonds is 6. The van der Waals surface area contributed by atoms with Crippen molar-refractivity contribution >= 4 is 22.9 Å². The van der Waals surface area contributed by atoms with Crippen LogP contribution < -0.4 is 20.3 Å². The molecule has 2 heterocycles. The third-order valence-corrected chi connectivity index (χ3v) is 4.89. The molecule has 1 atom stereocenters. The van der Waals surface area contributed by atoms with Gasteiger partial charge in [0.05, 0.1) is 12.1 Å². The first-order valence-corrected chi connectivity index (χ1v) is 8.92. The molecule has 2 N–H and O–H groups in total. The minimum atomic E-state index is -0.197. The summed E-state index contributed by atoms with van der Waals surface area (Å²) in [6, 6.07) is 7.75. The highest BCUT2D eigenvalue weighted by Gasteiger charge is 2.25. The lowest BCUT2D eigenvalue weighted by atomic mass is 10.1. The summed E-state index contributed by atoms with van der Waals surface area (Å²) in [7, 11) is 1.66. The molecular formula is C17H22N4O2S. The number of anilines is 1. The number of nitrogens with one attached hydrogen (secondary N) is 2. The number of ether oxygens (including phenoxy) is 1. The van der Waals surface area contributed by atoms with Crippen LogP contribution in [-0.4, -0.2) is 50.2 Å². The number of amides is 1. The summed E-state index contributed by atoms with van der Waals surface area (Å²) < 4.78 is 5.19. The van der Waals surface area contributed by atoms with Crippen LogP contribution in [0.3, 0.4) is 0 Å². The van der Waals surface area contributed by atoms with Gasteiger partial charge in [-0.3, -0.25) is 4.79 Å². The third-order valence-electron chi connectivity index (χ3n) is 4.05. The minimum absolute atomic E-state index is 0.0461. The second kappa shape index (κ2) is 8.12. The quantitative estimate of drug-likeness (QED) is 0.825. The SMILES string of the molecule is COc1ccc(N2CCN[C@H](C(=O)NCCc3nccs3)C2)cc1. The number of nitrogens with zero attached hydrogens (tertiary/aromatic N) is 2. The monoisotopic (exact) mass is 346 g/mol. The van der Waals surface area contributed by atoms with Crippen molar-refractivity contribution in [2.45, 2.75) is 12.5 Å². The number of hydrogen-bond donors (Lipinski definition) is 2. The van der Waals surface area contributed by atoms with Gasteiger partial charge in [-0.25, -0.2) is 4.98 Å². The summed E-state index contributed by atoms with van der Waals surface area (Å²) in [6.07, 6.45) is 2.57. The largest absolute Gasteiger partial charge is 0.497 e. The molecule has 0 spiro atoms. The fourth-order valence-corrected chi connectivity index (χ4v) is 3.37. The average Bonchev–Trinajstić information content (AvgIpc) is 3.15. The van der Waals surface area contributed by atoms with Crippen LogP contribution >= 0.6 is 11.3 Å². The summed E-state index contributed by atoms with van der Waals surface area (Å²) in [5.41, 5.74) is 1.11. The molecule has 1 amide bonds. The second-order valence-corrected chi connectivity index (χ2v) is 6.60. The third kappa shape index (κ3) is 4.24. The zero-order valence-corrected chi connectivity index (χ0v) is 14.5. The Labute approximate surface area is 145 Å². The predicted octanol–water partition coefficient (Wildman–Crippen LogP) is 1.29. The number of piperazine rings is 1. The highest BCUT2D eigenvalue weighted by atomic mass is 32.1. The van der Waals surface area contributed by atoms with Gasteiger partial charge in [-0.05, 0) is 24.3 Å². The Bertz CT molecular complexity index is 645. The van der Waals surface area contributed by atoms with Crippen molar-refractivity contribution in [2.75, 3.05) is 38.2 Å². The molecule has 1 aliphatic heterocycles. The highest BCUT2D eigenvalue weighted by Crippen LogP contribution is 2.20. The molecule has 1 aliphatic rings. The molecule has 1 aromatic heterocycles. The Balaban J connectivity index is 1.51. The first-order valence-electron chi connectivity index (χ1n) is 8.05. The van der Waals surface area contributed by atoms with Gasteiger partial charge >= 0.3 is 0 Å². The highest BCUT2D eigenvalue weighted by molar-refractivity contribution is 7.09. The van der Waals surface area contributed by atoms with Crippen LogP contribution in [0, 0.1) is 0 Å². The lowest BCUT2D eigenvalue weighted by Gasteiger charge is -2.34. The molecule has 1 fully saturated rings. The van der Waals surface area contributed by atoms with Gasteiger partial charge in [-0.2, -0.15) is 0 Å². The molecule has 2 aromatic rings. The normalized spacial score (nSPS) is 17.5. The topological polar surface area (TPSA) is 66.5 Å². The van der Waals surface area contributed by atoms with E-state index < -0.39 is 0 Å². The fourth-order valence-electron chi connectivity index (χ4n) is 2.75. The van der Waals surface area contributed by atoms with E-state index in [9.17, 15) is 4.79 Å². The van der Waals surface area contributed by atoms with Crippen LogP contribution in [0.4, 0.5) is 5.69 Å². The molecule has 128 valence electrons. The molecular weight excluding hydrogens is 324 g/mol. The molecule has 0 saturated carbocycles. The maximum Gasteiger partial charge on any atom is 0.238 e. The van der Waals surface area contributed by atoms with E-state index >= 15 is 0 Å². The smallest absolute Gasteiger partial charge is 0.238 e. The van der Waals surface area contributed by atoms with Gasteiger partial charge in [0.1, 0.15) is 11.8 Å². The van der Waals surface area contributed by atoms with Crippen molar-refractivity contribution in [3.8, 4) is 5.75 Å². The zero-order chi connectivity index (χ0) is 16.8. The van der Waals surface area contributed by atoms with Crippen LogP contribution in [0.1, 0.15) is 5.01 Å². The molecule has 24 heavy (non-hydrogen) atoms. The Hall–Kier alpha value is -2.12. The van der Waals surface area contributed by atoms with Crippen LogP contribution in [0.25, 0.3) is 0 Å². The number of carbonyl (C=O) groups excluding carboxylic acids is 1. The van der Waals surface area contributed by atoms with E-state index in [4.69, 9.17) is 4.74 Å². The standard InChI is InChI=1S/C17H22N4O2S/c1-23-14-4-2-13(3-5-14)21-10-8-18-15(12-21)17(22)20-7-6-16-19-9-11-24-16/h2-5,9,11,15,18H,6-8,10,12H2,1H3,(H,20,22)/t15-/m0/s1. The van der Waals surface area contributed by atoms with Gasteiger partial charge in [0.25, 0.3) is 0 Å². The van der Waals surface area contributed by atoms with E-state index in [1.165, 1.54) is 0 Å². The van der Waals surface area contributed by atoms with E-state index in [1.807, 2.05) is 29.6 Å². The second-order valence-electron chi connectivity index (χ2n) is 5.62. The first kappa shape index (κ1) is 16.7. The fraction of sp³-hybridized carbons (Fsp3) is 0.412. The first-order chi connectivity index (χ1) is 11.8. The van der Waals surface area contributed by atoms with Crippen molar-refractivity contribution in [1.29, 1.82) is 0 Å². The molecule has 1 saturated heterocycles. The lowest BCUT2D eigenvalue weighted by molar-refractivity contribution is -0.123. The molecule has 0 radical (unpaired) electrons. The number of benzene rings is 1. The number of carbonyl (C=O) groups is 1. The van der Waals surface area contributed by atoms with Gasteiger partial charge < -0.3 is 20.3 Å². The van der Waals surface area contributed by atoms with E-state index in [-0.39, 0.29) is 11.9 Å². The van der Waals surface area contributed by atoms with Crippen molar-refractivity contribution < 1.29 is 9.53 Å². The van der Waals surface area contributed by atoms with Gasteiger partial charge in [0.15, 0.2) is 0 Å². The van der Waals surface area contributed by atoms with E-state index in [2.05, 4.69) is 20.5 Å². The summed E-state index contributed by atoms with van der Waals surface area (Å²) >= 11 is 1.61. The number of methoxy groups -OCH3 is 1. The molecule has 6 nitrogen and oxygen atoms in total. The number of hydrogen-bond acceptors (Lipinski definition) is 6. The van der Waals surface area contributed by atoms with Crippen molar-refractivity contribution in [1.82, 2.24) is 15.6 Å². The molecule has 0 aliphatic carbocycles. The molecule has 0 bridgehead atoms. The lowest BCUT2D eigenvalue weighted by Crippen LogP contribution is -2.57. The summed E-state index contributed by atoms with van der Waals surface area (Å²) in [5.74, 6) is 0.884. The Morgan fingerprint density at radius 3 is 3.00 bits per heavy atom. The predicted molar refractivity (Wildman–Crippen MR) is 95.8 cm³/mol. The van der Waals surface area contributed by atoms with Crippen molar-refractivity contribution in [3.05, 3.63) is 40.8 Å². The molecule has 0 unspecified atom stereocenters. The molecule has 3 rings (SSSR count). The van der Waals surface area contributed by atoms with Gasteiger partial charge in [-0.1, -0.05) is 0 Å². The number of thiazole rings is 1. The average molecular weight is 346 g/mol. The van der Waals surface area contributed by atoms with Crippen LogP contribution in [0.5, 0.6) is 5.75 Å². The maximum atomic E-state index is 12.4. The summed E-state index contributed by atoms with van der Waals surface area (Å²) in [5, 5.41) is 9.29. The van der Waals surface area contributed by atoms with Crippen LogP contribution in [-0.2, 0) is 11.2 Å². The maximum absolute atomic E-state index is 12.4. The molecule has 1 aromatic carbocycles. The Kier molecular flexibility index (Phi) is 5.66. The van der Waals surface area contributed by atoms with Gasteiger partial charge in [0, 0.05) is 49.9 Å². The summed E-state index contributed by atoms with van der Waals surface area (Å²) in [6.45, 7) is 2.95. The Morgan fingerprint density at radius 2 is 2.29 bits per heavy atom. The van der Waals surface area contributed by atoms with Gasteiger partial charge in [0.2, 0.25) is 5.91 Å². The Morgan fingerprint density at radius 1 is 1.46 bits per heavy atom. The van der Waals surface area contributed by atoms with E-state index in [0.717, 1.165) is 36.0 Å². The minimum Gasteiger partial charge on any atom is -0.497 e. The van der Waals surface area contributed by atoms with Gasteiger partial charge in [-0.15, -0.1) is 11.3 Å². The van der Waals surface area contributed by atoms with Crippen molar-refractivity contribution in [2.24, 2.45) is 0 Å². The number of aromatic nitrogens is 1. The molecule has 7 heteroatoms. The van der Waals surface area contributed by atoms with Crippen LogP contribution in [0.15, 0.2) is 35.8 Å². The van der Waals surface area contributed by atoms with E-state index in [1.54, 1.807) is 24.6 Å². The summed E-state index contributed by atoms with van der Waals surface area (Å²) in [4.78, 5) is 18.8. The zero-order valence-electron chi connectivity index (χ0n) is 13.7.